The van der Waals surface area contributed by atoms with Crippen LogP contribution in [0.15, 0.2) is 22.9 Å². The van der Waals surface area contributed by atoms with Crippen molar-refractivity contribution in [2.24, 2.45) is 0 Å². The van der Waals surface area contributed by atoms with Gasteiger partial charge in [-0.15, -0.1) is 0 Å². The van der Waals surface area contributed by atoms with Crippen molar-refractivity contribution in [3.8, 4) is 6.07 Å². The normalized spacial score (nSPS) is 18.1. The van der Waals surface area contributed by atoms with Crippen molar-refractivity contribution in [1.82, 2.24) is 5.32 Å². The molecule has 0 aromatic rings. The molecule has 1 aliphatic carbocycles. The molecule has 1 unspecified atom stereocenters. The zero-order valence-electron chi connectivity index (χ0n) is 14.1. The summed E-state index contributed by atoms with van der Waals surface area (Å²) in [6, 6.07) is 2.08. The molecule has 1 rings (SSSR count). The van der Waals surface area contributed by atoms with Crippen LogP contribution < -0.4 is 5.32 Å². The summed E-state index contributed by atoms with van der Waals surface area (Å²) in [5.74, 6) is 0. The van der Waals surface area contributed by atoms with Crippen LogP contribution in [0, 0.1) is 11.3 Å². The second kappa shape index (κ2) is 12.1. The molecule has 23 heavy (non-hydrogen) atoms. The number of allylic oxidation sites excluding steroid dienone is 3. The minimum absolute atomic E-state index is 0.263. The molecule has 1 aliphatic rings. The van der Waals surface area contributed by atoms with E-state index in [1.807, 2.05) is 13.0 Å². The van der Waals surface area contributed by atoms with Gasteiger partial charge < -0.3 is 24.6 Å². The summed E-state index contributed by atoms with van der Waals surface area (Å²) in [6.07, 6.45) is 4.38. The summed E-state index contributed by atoms with van der Waals surface area (Å²) in [6.45, 7) is 4.73. The molecular formula is C17H28N2O4. The van der Waals surface area contributed by atoms with Gasteiger partial charge >= 0.3 is 0 Å². The lowest BCUT2D eigenvalue weighted by Gasteiger charge is -2.20. The number of nitrogens with zero attached hydrogens (tertiary/aromatic N) is 1. The highest BCUT2D eigenvalue weighted by atomic mass is 16.6. The maximum Gasteiger partial charge on any atom is 0.191 e. The van der Waals surface area contributed by atoms with E-state index in [-0.39, 0.29) is 12.2 Å². The van der Waals surface area contributed by atoms with Crippen LogP contribution in [0.5, 0.6) is 0 Å². The number of rotatable bonds is 11. The quantitative estimate of drug-likeness (QED) is 0.343. The molecule has 2 N–H and O–H groups in total. The van der Waals surface area contributed by atoms with Crippen molar-refractivity contribution in [3.05, 3.63) is 22.9 Å². The molecule has 0 aromatic heterocycles. The van der Waals surface area contributed by atoms with Crippen LogP contribution in [0.3, 0.4) is 0 Å². The van der Waals surface area contributed by atoms with Gasteiger partial charge in [-0.2, -0.15) is 5.26 Å². The Kier molecular flexibility index (Phi) is 10.3. The van der Waals surface area contributed by atoms with Crippen molar-refractivity contribution < 1.29 is 19.3 Å². The third kappa shape index (κ3) is 7.62. The lowest BCUT2D eigenvalue weighted by molar-refractivity contribution is -0.0852. The molecule has 0 saturated heterocycles. The minimum Gasteiger partial charge on any atom is -0.388 e. The Balaban J connectivity index is 2.61. The van der Waals surface area contributed by atoms with Gasteiger partial charge in [0, 0.05) is 32.6 Å². The fraction of sp³-hybridized carbons (Fsp3) is 0.706. The fourth-order valence-corrected chi connectivity index (χ4v) is 2.37. The molecule has 6 nitrogen and oxygen atoms in total. The molecule has 0 radical (unpaired) electrons. The van der Waals surface area contributed by atoms with Crippen molar-refractivity contribution in [2.45, 2.75) is 38.9 Å². The smallest absolute Gasteiger partial charge is 0.191 e. The summed E-state index contributed by atoms with van der Waals surface area (Å²) in [5, 5.41) is 22.8. The van der Waals surface area contributed by atoms with Gasteiger partial charge in [-0.3, -0.25) is 0 Å². The number of nitrogens with one attached hydrogen (secondary N) is 1. The largest absolute Gasteiger partial charge is 0.388 e. The average Bonchev–Trinajstić information content (AvgIpc) is 2.57. The molecule has 0 spiro atoms. The Morgan fingerprint density at radius 1 is 1.39 bits per heavy atom. The second-order valence-electron chi connectivity index (χ2n) is 5.27. The van der Waals surface area contributed by atoms with Crippen molar-refractivity contribution in [3.63, 3.8) is 0 Å². The van der Waals surface area contributed by atoms with Gasteiger partial charge in [0.05, 0.1) is 18.8 Å². The van der Waals surface area contributed by atoms with Crippen molar-refractivity contribution >= 4 is 0 Å². The van der Waals surface area contributed by atoms with E-state index in [9.17, 15) is 10.4 Å². The molecule has 130 valence electrons. The molecule has 0 aromatic carbocycles. The monoisotopic (exact) mass is 324 g/mol. The molecule has 0 amide bonds. The first-order valence-corrected chi connectivity index (χ1v) is 8.16. The number of ether oxygens (including phenoxy) is 3. The number of hydrogen-bond donors (Lipinski definition) is 2. The first-order chi connectivity index (χ1) is 11.2. The highest BCUT2D eigenvalue weighted by molar-refractivity contribution is 5.39. The van der Waals surface area contributed by atoms with E-state index in [2.05, 4.69) is 11.4 Å². The first-order valence-electron chi connectivity index (χ1n) is 8.16. The minimum atomic E-state index is -1.19. The van der Waals surface area contributed by atoms with Gasteiger partial charge in [0.15, 0.2) is 6.29 Å². The first kappa shape index (κ1) is 19.7. The Hall–Kier alpha value is -1.39. The molecule has 0 heterocycles. The lowest BCUT2D eigenvalue weighted by atomic mass is 9.95. The molecule has 0 aliphatic heterocycles. The van der Waals surface area contributed by atoms with Gasteiger partial charge in [0.25, 0.3) is 0 Å². The predicted octanol–water partition coefficient (Wildman–Crippen LogP) is 1.87. The average molecular weight is 324 g/mol. The van der Waals surface area contributed by atoms with Crippen LogP contribution in [0.1, 0.15) is 32.6 Å². The van der Waals surface area contributed by atoms with E-state index in [1.165, 1.54) is 0 Å². The lowest BCUT2D eigenvalue weighted by Crippen LogP contribution is -2.21. The number of methoxy groups -OCH3 is 1. The van der Waals surface area contributed by atoms with Crippen LogP contribution in [-0.4, -0.2) is 51.5 Å². The summed E-state index contributed by atoms with van der Waals surface area (Å²) in [5.41, 5.74) is 2.23. The van der Waals surface area contributed by atoms with Crippen LogP contribution in [0.4, 0.5) is 0 Å². The molecule has 0 fully saturated rings. The highest BCUT2D eigenvalue weighted by Crippen LogP contribution is 2.25. The number of aliphatic hydroxyl groups is 1. The Morgan fingerprint density at radius 3 is 2.91 bits per heavy atom. The summed E-state index contributed by atoms with van der Waals surface area (Å²) >= 11 is 0. The van der Waals surface area contributed by atoms with Crippen LogP contribution in [-0.2, 0) is 14.2 Å². The van der Waals surface area contributed by atoms with E-state index >= 15 is 0 Å². The van der Waals surface area contributed by atoms with E-state index in [0.29, 0.717) is 13.2 Å². The molecule has 6 heteroatoms. The van der Waals surface area contributed by atoms with Gasteiger partial charge in [-0.25, -0.2) is 0 Å². The summed E-state index contributed by atoms with van der Waals surface area (Å²) < 4.78 is 15.5. The Labute approximate surface area is 138 Å². The summed E-state index contributed by atoms with van der Waals surface area (Å²) in [7, 11) is 1.69. The van der Waals surface area contributed by atoms with Gasteiger partial charge in [-0.05, 0) is 44.3 Å². The Morgan fingerprint density at radius 2 is 2.22 bits per heavy atom. The molecular weight excluding hydrogens is 296 g/mol. The fourth-order valence-electron chi connectivity index (χ4n) is 2.37. The van der Waals surface area contributed by atoms with E-state index in [4.69, 9.17) is 14.2 Å². The van der Waals surface area contributed by atoms with E-state index < -0.39 is 6.29 Å². The standard InChI is InChI=1S/C17H28N2O4/c1-3-22-10-11-23-17(20)16(13-18)14-6-4-7-15(12-14)19-8-5-9-21-2/h12,17,19-20H,3-11H2,1-2H3/b16-14-. The zero-order valence-corrected chi connectivity index (χ0v) is 14.1. The molecule has 0 saturated carbocycles. The van der Waals surface area contributed by atoms with Crippen LogP contribution >= 0.6 is 0 Å². The molecule has 0 bridgehead atoms. The Bertz CT molecular complexity index is 440. The van der Waals surface area contributed by atoms with Crippen LogP contribution in [0.2, 0.25) is 0 Å². The summed E-state index contributed by atoms with van der Waals surface area (Å²) in [4.78, 5) is 0. The van der Waals surface area contributed by atoms with Crippen LogP contribution in [0.25, 0.3) is 0 Å². The zero-order chi connectivity index (χ0) is 16.9. The van der Waals surface area contributed by atoms with E-state index in [0.717, 1.165) is 50.1 Å². The van der Waals surface area contributed by atoms with Gasteiger partial charge in [0.1, 0.15) is 6.07 Å². The maximum absolute atomic E-state index is 10.1. The maximum atomic E-state index is 10.1. The topological polar surface area (TPSA) is 83.7 Å². The second-order valence-corrected chi connectivity index (χ2v) is 5.27. The SMILES string of the molecule is CCOCCOC(O)/C(C#N)=C1\C=C(NCCCOC)CCC1. The third-order valence-electron chi connectivity index (χ3n) is 3.54. The number of aliphatic hydroxyl groups excluding tert-OH is 1. The predicted molar refractivity (Wildman–Crippen MR) is 87.5 cm³/mol. The highest BCUT2D eigenvalue weighted by Gasteiger charge is 2.18. The number of nitriles is 1. The van der Waals surface area contributed by atoms with E-state index in [1.54, 1.807) is 7.11 Å². The van der Waals surface area contributed by atoms with Crippen molar-refractivity contribution in [1.29, 1.82) is 5.26 Å². The number of hydrogen-bond acceptors (Lipinski definition) is 6. The third-order valence-corrected chi connectivity index (χ3v) is 3.54. The van der Waals surface area contributed by atoms with Crippen molar-refractivity contribution in [2.75, 3.05) is 40.1 Å². The van der Waals surface area contributed by atoms with Gasteiger partial charge in [0.2, 0.25) is 0 Å². The van der Waals surface area contributed by atoms with Gasteiger partial charge in [-0.1, -0.05) is 0 Å². The molecule has 1 atom stereocenters.